The molecule has 0 bridgehead atoms. The van der Waals surface area contributed by atoms with Crippen LogP contribution in [0.25, 0.3) is 0 Å². The molecule has 1 atom stereocenters. The molecule has 21 heavy (non-hydrogen) atoms. The quantitative estimate of drug-likeness (QED) is 0.322. The van der Waals surface area contributed by atoms with Crippen molar-refractivity contribution in [2.24, 2.45) is 5.41 Å². The van der Waals surface area contributed by atoms with E-state index in [1.165, 1.54) is 0 Å². The van der Waals surface area contributed by atoms with E-state index in [2.05, 4.69) is 6.58 Å². The van der Waals surface area contributed by atoms with E-state index >= 15 is 0 Å². The number of hydrogen-bond acceptors (Lipinski definition) is 3. The topological polar surface area (TPSA) is 43.4 Å². The second kappa shape index (κ2) is 7.77. The average Bonchev–Trinajstić information content (AvgIpc) is 2.72. The lowest BCUT2D eigenvalue weighted by Gasteiger charge is -2.22. The van der Waals surface area contributed by atoms with Crippen molar-refractivity contribution in [3.05, 3.63) is 48.1 Å². The van der Waals surface area contributed by atoms with Crippen LogP contribution < -0.4 is 0 Å². The van der Waals surface area contributed by atoms with E-state index in [0.29, 0.717) is 18.4 Å². The Kier molecular flexibility index (Phi) is 6.35. The minimum Gasteiger partial charge on any atom is -0.465 e. The van der Waals surface area contributed by atoms with Crippen molar-refractivity contribution in [3.63, 3.8) is 0 Å². The molecule has 1 aliphatic rings. The molecule has 0 amide bonds. The van der Waals surface area contributed by atoms with Crippen molar-refractivity contribution in [3.8, 4) is 0 Å². The summed E-state index contributed by atoms with van der Waals surface area (Å²) >= 11 is 0. The fraction of sp³-hybridized carbons (Fsp3) is 0.444. The lowest BCUT2D eigenvalue weighted by atomic mass is 9.81. The fourth-order valence-corrected chi connectivity index (χ4v) is 2.64. The largest absolute Gasteiger partial charge is 0.465 e. The molecule has 1 aliphatic carbocycles. The Morgan fingerprint density at radius 1 is 1.43 bits per heavy atom. The Balaban J connectivity index is 3.34. The molecule has 114 valence electrons. The second-order valence-electron chi connectivity index (χ2n) is 5.05. The SMILES string of the molecule is C=CCC1(C(=O)OCC)CC(=C\CC)/C(=C\C=C/C)C1=O. The van der Waals surface area contributed by atoms with Gasteiger partial charge in [-0.15, -0.1) is 6.58 Å². The van der Waals surface area contributed by atoms with Crippen molar-refractivity contribution >= 4 is 11.8 Å². The van der Waals surface area contributed by atoms with Crippen LogP contribution in [0.2, 0.25) is 0 Å². The van der Waals surface area contributed by atoms with Crippen molar-refractivity contribution in [1.29, 1.82) is 0 Å². The molecule has 0 heterocycles. The third-order valence-corrected chi connectivity index (χ3v) is 3.58. The van der Waals surface area contributed by atoms with Gasteiger partial charge in [-0.25, -0.2) is 0 Å². The summed E-state index contributed by atoms with van der Waals surface area (Å²) in [7, 11) is 0. The molecule has 1 saturated carbocycles. The first-order chi connectivity index (χ1) is 10.1. The molecule has 0 aliphatic heterocycles. The van der Waals surface area contributed by atoms with Gasteiger partial charge in [0, 0.05) is 5.57 Å². The maximum absolute atomic E-state index is 12.8. The Hall–Kier alpha value is -1.90. The molecule has 0 aromatic carbocycles. The van der Waals surface area contributed by atoms with Gasteiger partial charge in [0.1, 0.15) is 5.41 Å². The summed E-state index contributed by atoms with van der Waals surface area (Å²) in [5.74, 6) is -0.598. The van der Waals surface area contributed by atoms with Gasteiger partial charge < -0.3 is 4.74 Å². The highest BCUT2D eigenvalue weighted by Gasteiger charge is 2.53. The Morgan fingerprint density at radius 3 is 2.67 bits per heavy atom. The number of rotatable bonds is 6. The van der Waals surface area contributed by atoms with Crippen molar-refractivity contribution < 1.29 is 14.3 Å². The van der Waals surface area contributed by atoms with Crippen LogP contribution in [0, 0.1) is 5.41 Å². The molecule has 0 N–H and O–H groups in total. The van der Waals surface area contributed by atoms with E-state index < -0.39 is 11.4 Å². The molecule has 0 aromatic rings. The summed E-state index contributed by atoms with van der Waals surface area (Å²) in [5.41, 5.74) is 0.409. The van der Waals surface area contributed by atoms with Crippen molar-refractivity contribution in [1.82, 2.24) is 0 Å². The van der Waals surface area contributed by atoms with E-state index in [4.69, 9.17) is 4.74 Å². The second-order valence-corrected chi connectivity index (χ2v) is 5.05. The maximum atomic E-state index is 12.8. The maximum Gasteiger partial charge on any atom is 0.320 e. The first-order valence-corrected chi connectivity index (χ1v) is 7.42. The minimum atomic E-state index is -1.13. The number of esters is 1. The first kappa shape index (κ1) is 17.2. The van der Waals surface area contributed by atoms with Gasteiger partial charge in [-0.05, 0) is 38.7 Å². The van der Waals surface area contributed by atoms with Gasteiger partial charge in [-0.3, -0.25) is 9.59 Å². The van der Waals surface area contributed by atoms with E-state index in [-0.39, 0.29) is 12.4 Å². The van der Waals surface area contributed by atoms with Crippen LogP contribution in [-0.2, 0) is 14.3 Å². The van der Waals surface area contributed by atoms with Crippen molar-refractivity contribution in [2.45, 2.75) is 40.0 Å². The molecular formula is C18H24O3. The molecule has 1 unspecified atom stereocenters. The molecule has 0 spiro atoms. The number of carbonyl (C=O) groups excluding carboxylic acids is 2. The summed E-state index contributed by atoms with van der Waals surface area (Å²) < 4.78 is 5.15. The highest BCUT2D eigenvalue weighted by Crippen LogP contribution is 2.45. The summed E-state index contributed by atoms with van der Waals surface area (Å²) in [4.78, 5) is 25.2. The summed E-state index contributed by atoms with van der Waals surface area (Å²) in [6.45, 7) is 9.62. The normalized spacial score (nSPS) is 26.0. The number of ketones is 1. The number of allylic oxidation sites excluding steroid dienone is 7. The number of ether oxygens (including phenoxy) is 1. The number of carbonyl (C=O) groups is 2. The summed E-state index contributed by atoms with van der Waals surface area (Å²) in [6, 6.07) is 0. The fourth-order valence-electron chi connectivity index (χ4n) is 2.64. The molecule has 3 nitrogen and oxygen atoms in total. The number of hydrogen-bond donors (Lipinski definition) is 0. The zero-order valence-electron chi connectivity index (χ0n) is 13.1. The van der Waals surface area contributed by atoms with Gasteiger partial charge in [-0.2, -0.15) is 0 Å². The van der Waals surface area contributed by atoms with Crippen LogP contribution in [0.5, 0.6) is 0 Å². The molecule has 1 rings (SSSR count). The summed E-state index contributed by atoms with van der Waals surface area (Å²) in [6.07, 6.45) is 10.6. The van der Waals surface area contributed by atoms with Crippen LogP contribution in [0.4, 0.5) is 0 Å². The van der Waals surface area contributed by atoms with Crippen LogP contribution in [0.15, 0.2) is 48.1 Å². The lowest BCUT2D eigenvalue weighted by molar-refractivity contribution is -0.157. The van der Waals surface area contributed by atoms with E-state index in [0.717, 1.165) is 12.0 Å². The smallest absolute Gasteiger partial charge is 0.320 e. The zero-order valence-corrected chi connectivity index (χ0v) is 13.1. The Labute approximate surface area is 127 Å². The highest BCUT2D eigenvalue weighted by molar-refractivity contribution is 6.17. The predicted octanol–water partition coefficient (Wildman–Crippen LogP) is 3.92. The third kappa shape index (κ3) is 3.41. The van der Waals surface area contributed by atoms with Gasteiger partial charge in [0.2, 0.25) is 0 Å². The first-order valence-electron chi connectivity index (χ1n) is 7.42. The Morgan fingerprint density at radius 2 is 2.14 bits per heavy atom. The van der Waals surface area contributed by atoms with E-state index in [9.17, 15) is 9.59 Å². The highest BCUT2D eigenvalue weighted by atomic mass is 16.5. The monoisotopic (exact) mass is 288 g/mol. The van der Waals surface area contributed by atoms with Gasteiger partial charge in [0.15, 0.2) is 5.78 Å². The zero-order chi connectivity index (χ0) is 15.9. The number of Topliss-reactive ketones (excluding diaryl/α,β-unsaturated/α-hetero) is 1. The Bertz CT molecular complexity index is 509. The van der Waals surface area contributed by atoms with Gasteiger partial charge in [0.05, 0.1) is 6.61 Å². The molecule has 0 aromatic heterocycles. The third-order valence-electron chi connectivity index (χ3n) is 3.58. The molecule has 0 radical (unpaired) electrons. The molecule has 1 fully saturated rings. The summed E-state index contributed by atoms with van der Waals surface area (Å²) in [5, 5.41) is 0. The van der Waals surface area contributed by atoms with Crippen molar-refractivity contribution in [2.75, 3.05) is 6.61 Å². The van der Waals surface area contributed by atoms with Crippen LogP contribution >= 0.6 is 0 Å². The molecular weight excluding hydrogens is 264 g/mol. The van der Waals surface area contributed by atoms with E-state index in [1.807, 2.05) is 32.1 Å². The van der Waals surface area contributed by atoms with Gasteiger partial charge >= 0.3 is 5.97 Å². The standard InChI is InChI=1S/C18H24O3/c1-5-9-11-15-14(10-6-2)13-18(12-7-3,16(15)19)17(20)21-8-4/h5,7,9-11H,3,6,8,12-13H2,1-2,4H3/b9-5-,14-10+,15-11+. The van der Waals surface area contributed by atoms with Gasteiger partial charge in [0.25, 0.3) is 0 Å². The van der Waals surface area contributed by atoms with Crippen LogP contribution in [0.1, 0.15) is 40.0 Å². The minimum absolute atomic E-state index is 0.154. The van der Waals surface area contributed by atoms with Crippen LogP contribution in [0.3, 0.4) is 0 Å². The average molecular weight is 288 g/mol. The molecule has 3 heteroatoms. The van der Waals surface area contributed by atoms with E-state index in [1.54, 1.807) is 19.1 Å². The van der Waals surface area contributed by atoms with Crippen LogP contribution in [-0.4, -0.2) is 18.4 Å². The molecule has 0 saturated heterocycles. The lowest BCUT2D eigenvalue weighted by Crippen LogP contribution is -2.36. The predicted molar refractivity (Wildman–Crippen MR) is 84.8 cm³/mol. The van der Waals surface area contributed by atoms with Gasteiger partial charge in [-0.1, -0.05) is 37.3 Å².